The lowest BCUT2D eigenvalue weighted by Gasteiger charge is -2.27. The quantitative estimate of drug-likeness (QED) is 0.343. The summed E-state index contributed by atoms with van der Waals surface area (Å²) in [5, 5.41) is 0. The molecule has 1 aromatic heterocycles. The van der Waals surface area contributed by atoms with Gasteiger partial charge in [0.15, 0.2) is 5.96 Å². The molecule has 0 saturated carbocycles. The molecule has 0 radical (unpaired) electrons. The fraction of sp³-hybridized carbons (Fsp3) is 0.300. The maximum absolute atomic E-state index is 6.13. The van der Waals surface area contributed by atoms with Crippen LogP contribution in [0.5, 0.6) is 0 Å². The Bertz CT molecular complexity index is 900. The van der Waals surface area contributed by atoms with Crippen LogP contribution in [0.15, 0.2) is 59.9 Å². The zero-order valence-electron chi connectivity index (χ0n) is 15.1. The number of para-hydroxylation sites is 2. The Morgan fingerprint density at radius 1 is 1.04 bits per heavy atom. The van der Waals surface area contributed by atoms with Crippen LogP contribution < -0.4 is 5.73 Å². The molecule has 2 N–H and O–H groups in total. The molecule has 1 saturated heterocycles. The smallest absolute Gasteiger partial charge is 0.191 e. The summed E-state index contributed by atoms with van der Waals surface area (Å²) in [6.07, 6.45) is 1.90. The van der Waals surface area contributed by atoms with E-state index < -0.39 is 0 Å². The fourth-order valence-electron chi connectivity index (χ4n) is 3.15. The zero-order valence-corrected chi connectivity index (χ0v) is 18.3. The Morgan fingerprint density at radius 3 is 2.52 bits per heavy atom. The van der Waals surface area contributed by atoms with Crippen LogP contribution in [-0.2, 0) is 13.1 Å². The summed E-state index contributed by atoms with van der Waals surface area (Å²) in [5.41, 5.74) is 10.7. The molecule has 7 heteroatoms. The summed E-state index contributed by atoms with van der Waals surface area (Å²) >= 11 is 1.98. The number of nitrogens with zero attached hydrogens (tertiary/aromatic N) is 4. The van der Waals surface area contributed by atoms with Crippen molar-refractivity contribution >= 4 is 52.7 Å². The molecule has 1 fully saturated rings. The number of guanidine groups is 1. The number of benzene rings is 2. The number of imidazole rings is 1. The molecular weight excluding hydrogens is 469 g/mol. The third-order valence-electron chi connectivity index (χ3n) is 4.66. The van der Waals surface area contributed by atoms with Crippen LogP contribution in [0.3, 0.4) is 0 Å². The van der Waals surface area contributed by atoms with Crippen molar-refractivity contribution in [2.75, 3.05) is 24.6 Å². The predicted octanol–water partition coefficient (Wildman–Crippen LogP) is 3.57. The first-order valence-corrected chi connectivity index (χ1v) is 10.1. The van der Waals surface area contributed by atoms with Crippen LogP contribution in [0, 0.1) is 0 Å². The van der Waals surface area contributed by atoms with Crippen LogP contribution in [0.1, 0.15) is 11.1 Å². The molecule has 0 atom stereocenters. The van der Waals surface area contributed by atoms with Gasteiger partial charge in [0.25, 0.3) is 0 Å². The Labute approximate surface area is 181 Å². The second-order valence-electron chi connectivity index (χ2n) is 6.45. The highest BCUT2D eigenvalue weighted by atomic mass is 127. The molecule has 0 amide bonds. The van der Waals surface area contributed by atoms with E-state index in [1.54, 1.807) is 0 Å². The van der Waals surface area contributed by atoms with Crippen LogP contribution in [0.25, 0.3) is 11.0 Å². The second kappa shape index (κ2) is 9.45. The number of halogens is 1. The minimum absolute atomic E-state index is 0. The molecule has 4 rings (SSSR count). The van der Waals surface area contributed by atoms with Crippen molar-refractivity contribution in [3.63, 3.8) is 0 Å². The van der Waals surface area contributed by atoms with Crippen molar-refractivity contribution in [2.24, 2.45) is 10.7 Å². The molecule has 0 spiro atoms. The molecule has 3 aromatic rings. The van der Waals surface area contributed by atoms with Crippen LogP contribution >= 0.6 is 35.7 Å². The highest BCUT2D eigenvalue weighted by Crippen LogP contribution is 2.15. The van der Waals surface area contributed by atoms with Crippen LogP contribution in [-0.4, -0.2) is 45.0 Å². The third-order valence-corrected chi connectivity index (χ3v) is 5.60. The molecular formula is C20H24IN5S. The zero-order chi connectivity index (χ0) is 17.8. The molecule has 0 unspecified atom stereocenters. The highest BCUT2D eigenvalue weighted by Gasteiger charge is 2.11. The molecule has 0 aliphatic carbocycles. The van der Waals surface area contributed by atoms with E-state index in [1.807, 2.05) is 36.3 Å². The molecule has 5 nitrogen and oxygen atoms in total. The second-order valence-corrected chi connectivity index (χ2v) is 7.68. The van der Waals surface area contributed by atoms with Gasteiger partial charge in [0, 0.05) is 31.1 Å². The first kappa shape index (κ1) is 20.0. The van der Waals surface area contributed by atoms with E-state index in [0.29, 0.717) is 12.5 Å². The molecule has 0 bridgehead atoms. The fourth-order valence-corrected chi connectivity index (χ4v) is 4.05. The Hall–Kier alpha value is -1.74. The molecule has 142 valence electrons. The van der Waals surface area contributed by atoms with E-state index in [1.165, 1.54) is 11.1 Å². The van der Waals surface area contributed by atoms with E-state index in [-0.39, 0.29) is 24.0 Å². The van der Waals surface area contributed by atoms with Gasteiger partial charge >= 0.3 is 0 Å². The molecule has 27 heavy (non-hydrogen) atoms. The van der Waals surface area contributed by atoms with Crippen molar-refractivity contribution in [3.8, 4) is 0 Å². The van der Waals surface area contributed by atoms with Gasteiger partial charge in [0.1, 0.15) is 0 Å². The lowest BCUT2D eigenvalue weighted by Crippen LogP contribution is -2.42. The lowest BCUT2D eigenvalue weighted by molar-refractivity contribution is 0.455. The SMILES string of the molecule is I.NC(=NCc1ccc(Cn2cnc3ccccc32)cc1)N1CCSCC1. The summed E-state index contributed by atoms with van der Waals surface area (Å²) in [5.74, 6) is 2.93. The number of hydrogen-bond acceptors (Lipinski definition) is 3. The molecule has 1 aliphatic rings. The number of fused-ring (bicyclic) bond motifs is 1. The van der Waals surface area contributed by atoms with Gasteiger partial charge in [-0.1, -0.05) is 36.4 Å². The van der Waals surface area contributed by atoms with Gasteiger partial charge in [0.2, 0.25) is 0 Å². The van der Waals surface area contributed by atoms with Gasteiger partial charge in [-0.25, -0.2) is 9.98 Å². The molecule has 1 aliphatic heterocycles. The summed E-state index contributed by atoms with van der Waals surface area (Å²) in [6, 6.07) is 16.8. The van der Waals surface area contributed by atoms with E-state index in [9.17, 15) is 0 Å². The predicted molar refractivity (Wildman–Crippen MR) is 125 cm³/mol. The van der Waals surface area contributed by atoms with Gasteiger partial charge in [-0.15, -0.1) is 24.0 Å². The van der Waals surface area contributed by atoms with Crippen molar-refractivity contribution in [3.05, 3.63) is 66.0 Å². The summed E-state index contributed by atoms with van der Waals surface area (Å²) in [6.45, 7) is 3.44. The Balaban J connectivity index is 0.00000210. The maximum atomic E-state index is 6.13. The number of nitrogens with two attached hydrogens (primary N) is 1. The number of rotatable bonds is 4. The van der Waals surface area contributed by atoms with E-state index in [2.05, 4.69) is 49.8 Å². The van der Waals surface area contributed by atoms with E-state index in [4.69, 9.17) is 5.73 Å². The van der Waals surface area contributed by atoms with E-state index in [0.717, 1.165) is 42.2 Å². The van der Waals surface area contributed by atoms with Crippen molar-refractivity contribution in [1.82, 2.24) is 14.5 Å². The van der Waals surface area contributed by atoms with Gasteiger partial charge in [-0.2, -0.15) is 11.8 Å². The minimum atomic E-state index is 0. The average Bonchev–Trinajstić information content (AvgIpc) is 3.11. The summed E-state index contributed by atoms with van der Waals surface area (Å²) in [4.78, 5) is 11.2. The number of aromatic nitrogens is 2. The highest BCUT2D eigenvalue weighted by molar-refractivity contribution is 14.0. The average molecular weight is 493 g/mol. The van der Waals surface area contributed by atoms with Gasteiger partial charge < -0.3 is 15.2 Å². The van der Waals surface area contributed by atoms with Gasteiger partial charge in [-0.3, -0.25) is 0 Å². The number of aliphatic imine (C=N–C) groups is 1. The van der Waals surface area contributed by atoms with Crippen molar-refractivity contribution in [1.29, 1.82) is 0 Å². The lowest BCUT2D eigenvalue weighted by atomic mass is 10.1. The first-order valence-electron chi connectivity index (χ1n) is 8.90. The van der Waals surface area contributed by atoms with Crippen molar-refractivity contribution in [2.45, 2.75) is 13.1 Å². The van der Waals surface area contributed by atoms with Crippen LogP contribution in [0.4, 0.5) is 0 Å². The van der Waals surface area contributed by atoms with Crippen LogP contribution in [0.2, 0.25) is 0 Å². The summed E-state index contributed by atoms with van der Waals surface area (Å²) < 4.78 is 2.18. The monoisotopic (exact) mass is 493 g/mol. The maximum Gasteiger partial charge on any atom is 0.191 e. The third kappa shape index (κ3) is 4.95. The van der Waals surface area contributed by atoms with E-state index >= 15 is 0 Å². The molecule has 2 aromatic carbocycles. The molecule has 2 heterocycles. The number of hydrogen-bond donors (Lipinski definition) is 1. The number of thioether (sulfide) groups is 1. The minimum Gasteiger partial charge on any atom is -0.370 e. The Kier molecular flexibility index (Phi) is 7.01. The first-order chi connectivity index (χ1) is 12.8. The Morgan fingerprint density at radius 2 is 1.74 bits per heavy atom. The normalized spacial score (nSPS) is 15.0. The summed E-state index contributed by atoms with van der Waals surface area (Å²) in [7, 11) is 0. The largest absolute Gasteiger partial charge is 0.370 e. The standard InChI is InChI=1S/C20H23N5S.HI/c21-20(24-9-11-26-12-10-24)22-13-16-5-7-17(8-6-16)14-25-15-23-18-3-1-2-4-19(18)25;/h1-8,15H,9-14H2,(H2,21,22);1H. The van der Waals surface area contributed by atoms with Gasteiger partial charge in [0.05, 0.1) is 23.9 Å². The topological polar surface area (TPSA) is 59.4 Å². The van der Waals surface area contributed by atoms with Gasteiger partial charge in [-0.05, 0) is 23.3 Å². The van der Waals surface area contributed by atoms with Crippen molar-refractivity contribution < 1.29 is 0 Å².